The van der Waals surface area contributed by atoms with Crippen LogP contribution >= 0.6 is 0 Å². The summed E-state index contributed by atoms with van der Waals surface area (Å²) in [7, 11) is 0. The number of carbonyl (C=O) groups excluding carboxylic acids is 3. The third-order valence-corrected chi connectivity index (χ3v) is 9.36. The summed E-state index contributed by atoms with van der Waals surface area (Å²) in [6, 6.07) is 0. The zero-order valence-electron chi connectivity index (χ0n) is 18.6. The first-order valence-corrected chi connectivity index (χ1v) is 11.2. The van der Waals surface area contributed by atoms with E-state index in [0.29, 0.717) is 32.1 Å². The average Bonchev–Trinajstić information content (AvgIpc) is 2.91. The van der Waals surface area contributed by atoms with Crippen LogP contribution in [0, 0.1) is 28.6 Å². The van der Waals surface area contributed by atoms with E-state index in [0.717, 1.165) is 5.57 Å². The fraction of sp³-hybridized carbons (Fsp3) is 0.792. The third kappa shape index (κ3) is 2.40. The number of Topliss-reactive ketones (excluding diaryl/α,β-unsaturated/α-hetero) is 1. The molecular formula is C24H33FO5. The van der Waals surface area contributed by atoms with Crippen molar-refractivity contribution >= 4 is 17.5 Å². The highest BCUT2D eigenvalue weighted by molar-refractivity contribution is 5.93. The Morgan fingerprint density at radius 3 is 2.43 bits per heavy atom. The fourth-order valence-electron chi connectivity index (χ4n) is 7.94. The van der Waals surface area contributed by atoms with Crippen LogP contribution in [0.2, 0.25) is 0 Å². The second kappa shape index (κ2) is 6.47. The monoisotopic (exact) mass is 420 g/mol. The number of hydrogen-bond donors (Lipinski definition) is 1. The van der Waals surface area contributed by atoms with Crippen LogP contribution in [0.1, 0.15) is 73.1 Å². The molecule has 1 N–H and O–H groups in total. The van der Waals surface area contributed by atoms with Crippen molar-refractivity contribution in [2.75, 3.05) is 0 Å². The lowest BCUT2D eigenvalue weighted by Gasteiger charge is -2.64. The molecular weight excluding hydrogens is 387 g/mol. The van der Waals surface area contributed by atoms with Gasteiger partial charge in [0.15, 0.2) is 17.2 Å². The highest BCUT2D eigenvalue weighted by Gasteiger charge is 2.75. The smallest absolute Gasteiger partial charge is 0.303 e. The largest absolute Gasteiger partial charge is 0.451 e. The maximum absolute atomic E-state index is 17.2. The van der Waals surface area contributed by atoms with Crippen molar-refractivity contribution in [3.8, 4) is 0 Å². The Hall–Kier alpha value is -1.56. The lowest BCUT2D eigenvalue weighted by molar-refractivity contribution is -0.232. The molecule has 0 aliphatic heterocycles. The molecule has 4 rings (SSSR count). The summed E-state index contributed by atoms with van der Waals surface area (Å²) < 4.78 is 22.8. The molecule has 4 aliphatic rings. The number of halogens is 1. The number of fused-ring (bicyclic) bond motifs is 5. The van der Waals surface area contributed by atoms with Gasteiger partial charge in [-0.2, -0.15) is 0 Å². The Morgan fingerprint density at radius 2 is 1.83 bits per heavy atom. The highest BCUT2D eigenvalue weighted by Crippen LogP contribution is 2.71. The molecule has 0 aromatic rings. The van der Waals surface area contributed by atoms with E-state index in [1.165, 1.54) is 13.8 Å². The number of alkyl halides is 1. The average molecular weight is 421 g/mol. The minimum Gasteiger partial charge on any atom is -0.451 e. The molecule has 3 saturated carbocycles. The van der Waals surface area contributed by atoms with Crippen molar-refractivity contribution in [3.05, 3.63) is 11.6 Å². The van der Waals surface area contributed by atoms with Gasteiger partial charge in [-0.25, -0.2) is 4.39 Å². The number of ketones is 2. The van der Waals surface area contributed by atoms with Crippen LogP contribution in [0.4, 0.5) is 4.39 Å². The SMILES string of the molecule is CC(=O)O[C@]1(C(C)=O)CC[C@H]2[C@@H]3CCC4=CC(=O)[C@@H](C)C[C@]4(C)[C@@]3(F)[C@H](O)C[C@@]21C. The lowest BCUT2D eigenvalue weighted by Crippen LogP contribution is -2.70. The minimum absolute atomic E-state index is 0.0333. The predicted molar refractivity (Wildman–Crippen MR) is 108 cm³/mol. The molecule has 3 fully saturated rings. The van der Waals surface area contributed by atoms with E-state index in [1.54, 1.807) is 6.08 Å². The van der Waals surface area contributed by atoms with Gasteiger partial charge in [0.05, 0.1) is 6.10 Å². The number of aliphatic hydroxyl groups excluding tert-OH is 1. The van der Waals surface area contributed by atoms with Gasteiger partial charge >= 0.3 is 5.97 Å². The zero-order valence-corrected chi connectivity index (χ0v) is 18.6. The molecule has 30 heavy (non-hydrogen) atoms. The molecule has 166 valence electrons. The van der Waals surface area contributed by atoms with Crippen LogP contribution in [0.5, 0.6) is 0 Å². The molecule has 6 heteroatoms. The fourth-order valence-corrected chi connectivity index (χ4v) is 7.94. The van der Waals surface area contributed by atoms with Gasteiger partial charge < -0.3 is 9.84 Å². The van der Waals surface area contributed by atoms with Gasteiger partial charge in [-0.15, -0.1) is 0 Å². The van der Waals surface area contributed by atoms with Crippen LogP contribution in [0.25, 0.3) is 0 Å². The minimum atomic E-state index is -1.88. The third-order valence-electron chi connectivity index (χ3n) is 9.36. The Labute approximate surface area is 177 Å². The van der Waals surface area contributed by atoms with Crippen LogP contribution in [-0.2, 0) is 19.1 Å². The second-order valence-corrected chi connectivity index (χ2v) is 10.7. The van der Waals surface area contributed by atoms with Crippen LogP contribution < -0.4 is 0 Å². The van der Waals surface area contributed by atoms with Gasteiger partial charge in [-0.3, -0.25) is 14.4 Å². The highest BCUT2D eigenvalue weighted by atomic mass is 19.1. The molecule has 0 heterocycles. The number of ether oxygens (including phenoxy) is 1. The van der Waals surface area contributed by atoms with Crippen LogP contribution in [0.3, 0.4) is 0 Å². The normalized spacial score (nSPS) is 50.1. The van der Waals surface area contributed by atoms with Crippen molar-refractivity contribution < 1.29 is 28.6 Å². The summed E-state index contributed by atoms with van der Waals surface area (Å²) >= 11 is 0. The number of esters is 1. The Bertz CT molecular complexity index is 851. The van der Waals surface area contributed by atoms with Gasteiger partial charge in [-0.05, 0) is 57.4 Å². The molecule has 0 spiro atoms. The standard InChI is InChI=1S/C24H33FO5/c1-13-11-21(4)16(10-19(13)28)6-7-18-17-8-9-23(14(2)26,30-15(3)27)22(17,5)12-20(29)24(18,21)25/h10,13,17-18,20,29H,6-9,11-12H2,1-5H3/t13-,17-,18-,20+,21-,22-,23-,24-/m0/s1. The van der Waals surface area contributed by atoms with E-state index in [2.05, 4.69) is 0 Å². The summed E-state index contributed by atoms with van der Waals surface area (Å²) in [6.45, 7) is 8.29. The maximum Gasteiger partial charge on any atom is 0.303 e. The number of aliphatic hydroxyl groups is 1. The first kappa shape index (κ1) is 21.7. The molecule has 5 nitrogen and oxygen atoms in total. The molecule has 0 unspecified atom stereocenters. The molecule has 0 amide bonds. The van der Waals surface area contributed by atoms with Crippen LogP contribution in [0.15, 0.2) is 11.6 Å². The van der Waals surface area contributed by atoms with Crippen molar-refractivity contribution in [1.82, 2.24) is 0 Å². The summed E-state index contributed by atoms with van der Waals surface area (Å²) in [5.74, 6) is -1.65. The first-order valence-electron chi connectivity index (χ1n) is 11.2. The Kier molecular flexibility index (Phi) is 4.67. The van der Waals surface area contributed by atoms with E-state index in [9.17, 15) is 19.5 Å². The molecule has 0 aromatic heterocycles. The number of hydrogen-bond acceptors (Lipinski definition) is 5. The van der Waals surface area contributed by atoms with Gasteiger partial charge in [0.2, 0.25) is 0 Å². The topological polar surface area (TPSA) is 80.7 Å². The van der Waals surface area contributed by atoms with Gasteiger partial charge in [-0.1, -0.05) is 26.3 Å². The van der Waals surface area contributed by atoms with E-state index in [1.807, 2.05) is 20.8 Å². The summed E-state index contributed by atoms with van der Waals surface area (Å²) in [5.41, 5.74) is -4.12. The molecule has 0 radical (unpaired) electrons. The number of carbonyl (C=O) groups is 3. The zero-order chi connectivity index (χ0) is 22.3. The molecule has 8 atom stereocenters. The summed E-state index contributed by atoms with van der Waals surface area (Å²) in [4.78, 5) is 37.0. The second-order valence-electron chi connectivity index (χ2n) is 10.7. The van der Waals surface area contributed by atoms with Gasteiger partial charge in [0.1, 0.15) is 5.67 Å². The Morgan fingerprint density at radius 1 is 1.17 bits per heavy atom. The Balaban J connectivity index is 1.82. The summed E-state index contributed by atoms with van der Waals surface area (Å²) in [6.07, 6.45) is 2.82. The van der Waals surface area contributed by atoms with E-state index in [-0.39, 0.29) is 29.8 Å². The predicted octanol–water partition coefficient (Wildman–Crippen LogP) is 3.72. The van der Waals surface area contributed by atoms with E-state index in [4.69, 9.17) is 4.74 Å². The van der Waals surface area contributed by atoms with Crippen molar-refractivity contribution in [3.63, 3.8) is 0 Å². The van der Waals surface area contributed by atoms with Gasteiger partial charge in [0.25, 0.3) is 0 Å². The lowest BCUT2D eigenvalue weighted by atomic mass is 9.43. The summed E-state index contributed by atoms with van der Waals surface area (Å²) in [5, 5.41) is 11.3. The number of rotatable bonds is 2. The van der Waals surface area contributed by atoms with Crippen molar-refractivity contribution in [2.45, 2.75) is 90.5 Å². The van der Waals surface area contributed by atoms with E-state index < -0.39 is 40.1 Å². The van der Waals surface area contributed by atoms with E-state index >= 15 is 4.39 Å². The number of allylic oxidation sites excluding steroid dienone is 1. The van der Waals surface area contributed by atoms with Crippen molar-refractivity contribution in [2.24, 2.45) is 28.6 Å². The first-order chi connectivity index (χ1) is 13.8. The molecule has 0 saturated heterocycles. The maximum atomic E-state index is 17.2. The quantitative estimate of drug-likeness (QED) is 0.689. The molecule has 4 aliphatic carbocycles. The van der Waals surface area contributed by atoms with Crippen LogP contribution in [-0.4, -0.2) is 40.0 Å². The van der Waals surface area contributed by atoms with Crippen molar-refractivity contribution in [1.29, 1.82) is 0 Å². The van der Waals surface area contributed by atoms with Gasteiger partial charge in [0, 0.05) is 29.6 Å². The molecule has 0 bridgehead atoms. The molecule has 0 aromatic carbocycles.